The SMILES string of the molecule is OCCCc1cn(CCNc2nonc2C(=NO)Nc2ccc(F)c(Br)c2)nn1. The molecule has 13 heteroatoms. The van der Waals surface area contributed by atoms with Gasteiger partial charge >= 0.3 is 0 Å². The van der Waals surface area contributed by atoms with Gasteiger partial charge in [-0.15, -0.1) is 5.10 Å². The predicted octanol–water partition coefficient (Wildman–Crippen LogP) is 1.85. The Bertz CT molecular complexity index is 977. The fourth-order valence-electron chi connectivity index (χ4n) is 2.41. The van der Waals surface area contributed by atoms with Crippen molar-refractivity contribution in [1.82, 2.24) is 25.3 Å². The van der Waals surface area contributed by atoms with Gasteiger partial charge in [0, 0.05) is 25.0 Å². The number of amidine groups is 1. The molecular weight excluding hydrogens is 451 g/mol. The third-order valence-electron chi connectivity index (χ3n) is 3.81. The molecule has 0 bridgehead atoms. The van der Waals surface area contributed by atoms with Crippen molar-refractivity contribution in [1.29, 1.82) is 0 Å². The van der Waals surface area contributed by atoms with Gasteiger partial charge in [-0.3, -0.25) is 4.68 Å². The highest BCUT2D eigenvalue weighted by molar-refractivity contribution is 9.10. The quantitative estimate of drug-likeness (QED) is 0.160. The maximum Gasteiger partial charge on any atom is 0.203 e. The minimum atomic E-state index is -0.420. The van der Waals surface area contributed by atoms with E-state index in [-0.39, 0.29) is 28.4 Å². The van der Waals surface area contributed by atoms with E-state index in [2.05, 4.69) is 52.3 Å². The molecule has 0 fully saturated rings. The molecule has 154 valence electrons. The van der Waals surface area contributed by atoms with Crippen molar-refractivity contribution >= 4 is 33.3 Å². The molecule has 0 spiro atoms. The summed E-state index contributed by atoms with van der Waals surface area (Å²) in [5.74, 6) is -0.192. The Labute approximate surface area is 172 Å². The summed E-state index contributed by atoms with van der Waals surface area (Å²) >= 11 is 3.09. The number of aryl methyl sites for hydroxylation is 1. The second kappa shape index (κ2) is 9.93. The highest BCUT2D eigenvalue weighted by Gasteiger charge is 2.18. The summed E-state index contributed by atoms with van der Waals surface area (Å²) < 4.78 is 20.0. The summed E-state index contributed by atoms with van der Waals surface area (Å²) in [7, 11) is 0. The first-order chi connectivity index (χ1) is 14.1. The van der Waals surface area contributed by atoms with Crippen LogP contribution in [0.4, 0.5) is 15.9 Å². The first-order valence-corrected chi connectivity index (χ1v) is 9.41. The number of halogens is 2. The van der Waals surface area contributed by atoms with E-state index in [0.717, 1.165) is 5.69 Å². The molecular formula is C16H18BrFN8O3. The van der Waals surface area contributed by atoms with Crippen LogP contribution in [0.15, 0.2) is 38.7 Å². The molecule has 0 aliphatic carbocycles. The molecule has 0 aliphatic rings. The van der Waals surface area contributed by atoms with Gasteiger partial charge in [0.05, 0.1) is 16.7 Å². The Kier molecular flexibility index (Phi) is 7.08. The zero-order valence-corrected chi connectivity index (χ0v) is 16.7. The predicted molar refractivity (Wildman–Crippen MR) is 104 cm³/mol. The Morgan fingerprint density at radius 2 is 2.21 bits per heavy atom. The minimum Gasteiger partial charge on any atom is -0.409 e. The summed E-state index contributed by atoms with van der Waals surface area (Å²) in [5.41, 5.74) is 1.42. The maximum absolute atomic E-state index is 13.4. The highest BCUT2D eigenvalue weighted by atomic mass is 79.9. The van der Waals surface area contributed by atoms with Crippen LogP contribution in [0.2, 0.25) is 0 Å². The van der Waals surface area contributed by atoms with Gasteiger partial charge in [-0.2, -0.15) is 0 Å². The van der Waals surface area contributed by atoms with Crippen molar-refractivity contribution in [2.75, 3.05) is 23.8 Å². The molecule has 0 saturated heterocycles. The second-order valence-corrected chi connectivity index (χ2v) is 6.75. The van der Waals surface area contributed by atoms with Crippen molar-refractivity contribution in [3.8, 4) is 0 Å². The first-order valence-electron chi connectivity index (χ1n) is 8.61. The first kappa shape index (κ1) is 20.7. The van der Waals surface area contributed by atoms with Gasteiger partial charge in [0.25, 0.3) is 0 Å². The topological polar surface area (TPSA) is 147 Å². The number of oxime groups is 1. The fourth-order valence-corrected chi connectivity index (χ4v) is 2.79. The number of nitrogens with zero attached hydrogens (tertiary/aromatic N) is 6. The molecule has 0 atom stereocenters. The minimum absolute atomic E-state index is 0.0284. The smallest absolute Gasteiger partial charge is 0.203 e. The van der Waals surface area contributed by atoms with E-state index in [9.17, 15) is 9.60 Å². The van der Waals surface area contributed by atoms with Gasteiger partial charge in [0.15, 0.2) is 5.69 Å². The van der Waals surface area contributed by atoms with Crippen LogP contribution in [0, 0.1) is 5.82 Å². The van der Waals surface area contributed by atoms with Crippen LogP contribution in [0.3, 0.4) is 0 Å². The lowest BCUT2D eigenvalue weighted by Gasteiger charge is -2.08. The second-order valence-electron chi connectivity index (χ2n) is 5.89. The molecule has 3 aromatic rings. The monoisotopic (exact) mass is 468 g/mol. The van der Waals surface area contributed by atoms with Crippen molar-refractivity contribution in [2.45, 2.75) is 19.4 Å². The molecule has 29 heavy (non-hydrogen) atoms. The number of hydrogen-bond donors (Lipinski definition) is 4. The van der Waals surface area contributed by atoms with E-state index in [4.69, 9.17) is 9.74 Å². The van der Waals surface area contributed by atoms with E-state index in [1.807, 2.05) is 0 Å². The number of hydrogen-bond acceptors (Lipinski definition) is 9. The number of benzene rings is 1. The molecule has 0 aliphatic heterocycles. The van der Waals surface area contributed by atoms with Gasteiger partial charge in [-0.1, -0.05) is 10.4 Å². The maximum atomic E-state index is 13.4. The zero-order chi connectivity index (χ0) is 20.6. The lowest BCUT2D eigenvalue weighted by atomic mass is 10.3. The van der Waals surface area contributed by atoms with Crippen molar-refractivity contribution in [2.24, 2.45) is 5.16 Å². The molecule has 0 radical (unpaired) electrons. The van der Waals surface area contributed by atoms with E-state index < -0.39 is 5.82 Å². The number of aliphatic hydroxyl groups excluding tert-OH is 1. The van der Waals surface area contributed by atoms with Crippen LogP contribution in [0.25, 0.3) is 0 Å². The Morgan fingerprint density at radius 1 is 1.34 bits per heavy atom. The molecule has 2 heterocycles. The number of anilines is 2. The van der Waals surface area contributed by atoms with Gasteiger partial charge in [0.2, 0.25) is 11.7 Å². The molecule has 0 amide bonds. The molecule has 4 N–H and O–H groups in total. The van der Waals surface area contributed by atoms with Gasteiger partial charge < -0.3 is 20.9 Å². The molecule has 0 unspecified atom stereocenters. The fraction of sp³-hybridized carbons (Fsp3) is 0.312. The third kappa shape index (κ3) is 5.48. The summed E-state index contributed by atoms with van der Waals surface area (Å²) in [6.07, 6.45) is 3.09. The van der Waals surface area contributed by atoms with E-state index >= 15 is 0 Å². The average molecular weight is 469 g/mol. The standard InChI is InChI=1S/C16H18BrFN8O3/c17-12-8-10(3-4-13(12)18)20-16(22-28)14-15(24-29-23-14)19-5-6-26-9-11(21-25-26)2-1-7-27/h3-4,8-9,27-28H,1-2,5-7H2,(H,19,24)(H,20,22). The van der Waals surface area contributed by atoms with Crippen LogP contribution < -0.4 is 10.6 Å². The summed E-state index contributed by atoms with van der Waals surface area (Å²) in [6, 6.07) is 4.22. The zero-order valence-electron chi connectivity index (χ0n) is 15.1. The van der Waals surface area contributed by atoms with E-state index in [1.165, 1.54) is 18.2 Å². The van der Waals surface area contributed by atoms with Gasteiger partial charge in [-0.25, -0.2) is 9.02 Å². The molecule has 11 nitrogen and oxygen atoms in total. The van der Waals surface area contributed by atoms with Gasteiger partial charge in [0.1, 0.15) is 5.82 Å². The van der Waals surface area contributed by atoms with Crippen molar-refractivity contribution in [3.63, 3.8) is 0 Å². The summed E-state index contributed by atoms with van der Waals surface area (Å²) in [5, 5.41) is 42.8. The number of aliphatic hydroxyl groups is 1. The van der Waals surface area contributed by atoms with Crippen LogP contribution in [0.1, 0.15) is 17.8 Å². The van der Waals surface area contributed by atoms with E-state index in [0.29, 0.717) is 31.6 Å². The molecule has 2 aromatic heterocycles. The van der Waals surface area contributed by atoms with Crippen molar-refractivity contribution in [3.05, 3.63) is 46.1 Å². The normalized spacial score (nSPS) is 11.6. The molecule has 1 aromatic carbocycles. The van der Waals surface area contributed by atoms with Crippen molar-refractivity contribution < 1.29 is 19.3 Å². The van der Waals surface area contributed by atoms with Crippen LogP contribution in [-0.2, 0) is 13.0 Å². The van der Waals surface area contributed by atoms with Gasteiger partial charge in [-0.05, 0) is 57.3 Å². The Hall–Kier alpha value is -3.06. The highest BCUT2D eigenvalue weighted by Crippen LogP contribution is 2.21. The Balaban J connectivity index is 1.60. The summed E-state index contributed by atoms with van der Waals surface area (Å²) in [4.78, 5) is 0. The Morgan fingerprint density at radius 3 is 2.97 bits per heavy atom. The molecule has 3 rings (SSSR count). The lowest BCUT2D eigenvalue weighted by Crippen LogP contribution is -2.18. The number of rotatable bonds is 9. The third-order valence-corrected chi connectivity index (χ3v) is 4.41. The average Bonchev–Trinajstić information content (AvgIpc) is 3.37. The van der Waals surface area contributed by atoms with E-state index in [1.54, 1.807) is 10.9 Å². The lowest BCUT2D eigenvalue weighted by molar-refractivity contribution is 0.288. The largest absolute Gasteiger partial charge is 0.409 e. The summed E-state index contributed by atoms with van der Waals surface area (Å²) in [6.45, 7) is 1.02. The van der Waals surface area contributed by atoms with Crippen LogP contribution in [-0.4, -0.2) is 54.6 Å². The molecule has 0 saturated carbocycles. The number of nitrogens with one attached hydrogen (secondary N) is 2. The number of aromatic nitrogens is 5. The van der Waals surface area contributed by atoms with Crippen LogP contribution >= 0.6 is 15.9 Å². The van der Waals surface area contributed by atoms with Crippen LogP contribution in [0.5, 0.6) is 0 Å².